The average Bonchev–Trinajstić information content (AvgIpc) is 2.45. The molecule has 0 heterocycles. The molecule has 0 spiro atoms. The fourth-order valence-electron chi connectivity index (χ4n) is 1.81. The molecule has 2 amide bonds. The van der Waals surface area contributed by atoms with Crippen molar-refractivity contribution in [2.45, 2.75) is 13.3 Å². The normalized spacial score (nSPS) is 10.3. The number of carbonyl (C=O) groups is 2. The number of nitrogens with zero attached hydrogens (tertiary/aromatic N) is 1. The van der Waals surface area contributed by atoms with Crippen LogP contribution in [0.4, 0.5) is 0 Å². The first kappa shape index (κ1) is 17.7. The molecule has 1 rings (SSSR count). The van der Waals surface area contributed by atoms with E-state index in [0.717, 1.165) is 16.5 Å². The maximum absolute atomic E-state index is 12.3. The minimum absolute atomic E-state index is 0.0339. The van der Waals surface area contributed by atoms with E-state index in [1.54, 1.807) is 20.2 Å². The van der Waals surface area contributed by atoms with Gasteiger partial charge in [-0.2, -0.15) is 0 Å². The van der Waals surface area contributed by atoms with Crippen molar-refractivity contribution in [1.82, 2.24) is 10.2 Å². The van der Waals surface area contributed by atoms with Gasteiger partial charge in [-0.3, -0.25) is 9.59 Å². The van der Waals surface area contributed by atoms with Crippen LogP contribution in [0.1, 0.15) is 22.3 Å². The number of nitrogens with one attached hydrogen (secondary N) is 1. The van der Waals surface area contributed by atoms with E-state index >= 15 is 0 Å². The quantitative estimate of drug-likeness (QED) is 0.760. The molecule has 1 aromatic rings. The van der Waals surface area contributed by atoms with Gasteiger partial charge in [0.1, 0.15) is 0 Å². The van der Waals surface area contributed by atoms with Gasteiger partial charge in [0.05, 0.1) is 12.1 Å². The highest BCUT2D eigenvalue weighted by Gasteiger charge is 2.17. The third kappa shape index (κ3) is 5.47. The summed E-state index contributed by atoms with van der Waals surface area (Å²) in [6.45, 7) is 3.10. The van der Waals surface area contributed by atoms with Gasteiger partial charge in [0.15, 0.2) is 0 Å². The summed E-state index contributed by atoms with van der Waals surface area (Å²) in [5.74, 6) is -0.358. The number of ether oxygens (including phenoxy) is 1. The molecular formula is C15H21BrN2O3. The second-order valence-corrected chi connectivity index (χ2v) is 5.59. The van der Waals surface area contributed by atoms with E-state index in [9.17, 15) is 9.59 Å². The molecule has 0 fully saturated rings. The van der Waals surface area contributed by atoms with E-state index in [4.69, 9.17) is 4.74 Å². The van der Waals surface area contributed by atoms with Crippen molar-refractivity contribution < 1.29 is 14.3 Å². The molecule has 0 aliphatic carbocycles. The summed E-state index contributed by atoms with van der Waals surface area (Å²) in [7, 11) is 3.24. The topological polar surface area (TPSA) is 58.6 Å². The van der Waals surface area contributed by atoms with Gasteiger partial charge in [-0.05, 0) is 40.9 Å². The van der Waals surface area contributed by atoms with Crippen molar-refractivity contribution in [2.24, 2.45) is 0 Å². The molecule has 0 unspecified atom stereocenters. The summed E-state index contributed by atoms with van der Waals surface area (Å²) in [5, 5.41) is 2.76. The van der Waals surface area contributed by atoms with Crippen LogP contribution in [0.2, 0.25) is 0 Å². The summed E-state index contributed by atoms with van der Waals surface area (Å²) in [4.78, 5) is 25.5. The van der Waals surface area contributed by atoms with Gasteiger partial charge >= 0.3 is 0 Å². The predicted molar refractivity (Wildman–Crippen MR) is 85.3 cm³/mol. The van der Waals surface area contributed by atoms with Gasteiger partial charge in [0.25, 0.3) is 5.91 Å². The Balaban J connectivity index is 2.55. The summed E-state index contributed by atoms with van der Waals surface area (Å²) < 4.78 is 5.67. The first-order valence-corrected chi connectivity index (χ1v) is 7.53. The number of hydrogen-bond donors (Lipinski definition) is 1. The summed E-state index contributed by atoms with van der Waals surface area (Å²) in [6.07, 6.45) is 0.753. The fraction of sp³-hybridized carbons (Fsp3) is 0.467. The SMILES string of the molecule is COCCCNC(=O)CN(C)C(=O)c1cccc(C)c1Br. The maximum Gasteiger partial charge on any atom is 0.255 e. The van der Waals surface area contributed by atoms with E-state index in [2.05, 4.69) is 21.2 Å². The van der Waals surface area contributed by atoms with Gasteiger partial charge < -0.3 is 15.0 Å². The van der Waals surface area contributed by atoms with Gasteiger partial charge in [0.2, 0.25) is 5.91 Å². The number of likely N-dealkylation sites (N-methyl/N-ethyl adjacent to an activating group) is 1. The highest BCUT2D eigenvalue weighted by molar-refractivity contribution is 9.10. The van der Waals surface area contributed by atoms with E-state index in [-0.39, 0.29) is 18.4 Å². The summed E-state index contributed by atoms with van der Waals surface area (Å²) in [5.41, 5.74) is 1.54. The highest BCUT2D eigenvalue weighted by Crippen LogP contribution is 2.22. The average molecular weight is 357 g/mol. The Morgan fingerprint density at radius 2 is 2.10 bits per heavy atom. The molecule has 116 valence electrons. The first-order valence-electron chi connectivity index (χ1n) is 6.73. The maximum atomic E-state index is 12.3. The van der Waals surface area contributed by atoms with Crippen LogP contribution in [0.3, 0.4) is 0 Å². The van der Waals surface area contributed by atoms with Crippen molar-refractivity contribution in [1.29, 1.82) is 0 Å². The highest BCUT2D eigenvalue weighted by atomic mass is 79.9. The monoisotopic (exact) mass is 356 g/mol. The molecular weight excluding hydrogens is 336 g/mol. The van der Waals surface area contributed by atoms with Crippen molar-refractivity contribution in [3.05, 3.63) is 33.8 Å². The smallest absolute Gasteiger partial charge is 0.255 e. The zero-order chi connectivity index (χ0) is 15.8. The number of hydrogen-bond acceptors (Lipinski definition) is 3. The summed E-state index contributed by atoms with van der Waals surface area (Å²) >= 11 is 3.41. The van der Waals surface area contributed by atoms with Crippen LogP contribution in [0.5, 0.6) is 0 Å². The van der Waals surface area contributed by atoms with Crippen LogP contribution in [0.15, 0.2) is 22.7 Å². The van der Waals surface area contributed by atoms with Crippen LogP contribution in [-0.2, 0) is 9.53 Å². The standard InChI is InChI=1S/C15H21BrN2O3/c1-11-6-4-7-12(14(11)16)15(20)18(2)10-13(19)17-8-5-9-21-3/h4,6-7H,5,8-10H2,1-3H3,(H,17,19). The van der Waals surface area contributed by atoms with Gasteiger partial charge in [-0.15, -0.1) is 0 Å². The van der Waals surface area contributed by atoms with Crippen LogP contribution >= 0.6 is 15.9 Å². The minimum atomic E-state index is -0.183. The molecule has 0 radical (unpaired) electrons. The van der Waals surface area contributed by atoms with E-state index in [1.807, 2.05) is 19.1 Å². The second-order valence-electron chi connectivity index (χ2n) is 4.79. The van der Waals surface area contributed by atoms with E-state index in [0.29, 0.717) is 18.7 Å². The number of carbonyl (C=O) groups excluding carboxylic acids is 2. The third-order valence-electron chi connectivity index (χ3n) is 3.00. The Kier molecular flexibility index (Phi) is 7.39. The van der Waals surface area contributed by atoms with Crippen molar-refractivity contribution >= 4 is 27.7 Å². The lowest BCUT2D eigenvalue weighted by atomic mass is 10.1. The minimum Gasteiger partial charge on any atom is -0.385 e. The molecule has 0 aromatic heterocycles. The number of aryl methyl sites for hydroxylation is 1. The zero-order valence-corrected chi connectivity index (χ0v) is 14.2. The van der Waals surface area contributed by atoms with E-state index < -0.39 is 0 Å². The fourth-order valence-corrected chi connectivity index (χ4v) is 2.24. The van der Waals surface area contributed by atoms with Gasteiger partial charge in [-0.1, -0.05) is 12.1 Å². The van der Waals surface area contributed by atoms with Crippen molar-refractivity contribution in [3.63, 3.8) is 0 Å². The lowest BCUT2D eigenvalue weighted by Crippen LogP contribution is -2.39. The lowest BCUT2D eigenvalue weighted by Gasteiger charge is -2.18. The second kappa shape index (κ2) is 8.79. The first-order chi connectivity index (χ1) is 9.97. The van der Waals surface area contributed by atoms with Crippen molar-refractivity contribution in [2.75, 3.05) is 33.9 Å². The Hall–Kier alpha value is -1.40. The molecule has 5 nitrogen and oxygen atoms in total. The Morgan fingerprint density at radius 3 is 2.76 bits per heavy atom. The molecule has 6 heteroatoms. The van der Waals surface area contributed by atoms with Gasteiger partial charge in [-0.25, -0.2) is 0 Å². The molecule has 0 atom stereocenters. The zero-order valence-electron chi connectivity index (χ0n) is 12.6. The van der Waals surface area contributed by atoms with Crippen LogP contribution < -0.4 is 5.32 Å². The van der Waals surface area contributed by atoms with Crippen LogP contribution in [-0.4, -0.2) is 50.6 Å². The summed E-state index contributed by atoms with van der Waals surface area (Å²) in [6, 6.07) is 5.49. The molecule has 1 aromatic carbocycles. The lowest BCUT2D eigenvalue weighted by molar-refractivity contribution is -0.121. The molecule has 0 aliphatic heterocycles. The molecule has 0 saturated heterocycles. The number of amides is 2. The van der Waals surface area contributed by atoms with Crippen LogP contribution in [0.25, 0.3) is 0 Å². The Labute approximate surface area is 133 Å². The predicted octanol–water partition coefficient (Wildman–Crippen LogP) is 1.98. The number of benzene rings is 1. The third-order valence-corrected chi connectivity index (χ3v) is 4.05. The number of halogens is 1. The number of methoxy groups -OCH3 is 1. The van der Waals surface area contributed by atoms with Gasteiger partial charge in [0, 0.05) is 31.8 Å². The number of rotatable bonds is 7. The Bertz CT molecular complexity index is 506. The van der Waals surface area contributed by atoms with Crippen molar-refractivity contribution in [3.8, 4) is 0 Å². The largest absolute Gasteiger partial charge is 0.385 e. The molecule has 0 aliphatic rings. The molecule has 0 saturated carbocycles. The molecule has 21 heavy (non-hydrogen) atoms. The molecule has 0 bridgehead atoms. The van der Waals surface area contributed by atoms with E-state index in [1.165, 1.54) is 4.90 Å². The Morgan fingerprint density at radius 1 is 1.38 bits per heavy atom. The van der Waals surface area contributed by atoms with Crippen LogP contribution in [0, 0.1) is 6.92 Å². The molecule has 1 N–H and O–H groups in total.